The molecule has 0 atom stereocenters. The summed E-state index contributed by atoms with van der Waals surface area (Å²) in [7, 11) is 1.66. The lowest BCUT2D eigenvalue weighted by atomic mass is 10.1. The Kier molecular flexibility index (Phi) is 4.58. The van der Waals surface area contributed by atoms with Crippen molar-refractivity contribution < 1.29 is 13.2 Å². The second-order valence-electron chi connectivity index (χ2n) is 4.74. The van der Waals surface area contributed by atoms with E-state index >= 15 is 0 Å². The number of aryl methyl sites for hydroxylation is 1. The summed E-state index contributed by atoms with van der Waals surface area (Å²) in [5, 5.41) is 4.17. The van der Waals surface area contributed by atoms with E-state index in [1.54, 1.807) is 19.2 Å². The zero-order valence-corrected chi connectivity index (χ0v) is 13.7. The van der Waals surface area contributed by atoms with Gasteiger partial charge in [0.1, 0.15) is 12.4 Å². The third-order valence-corrected chi connectivity index (χ3v) is 4.82. The number of aromatic nitrogens is 2. The molecule has 0 fully saturated rings. The molecule has 0 aliphatic rings. The number of nitrogens with zero attached hydrogens (tertiary/aromatic N) is 2. The summed E-state index contributed by atoms with van der Waals surface area (Å²) in [6, 6.07) is 3.09. The molecule has 1 aromatic carbocycles. The highest BCUT2D eigenvalue weighted by Crippen LogP contribution is 2.29. The lowest BCUT2D eigenvalue weighted by molar-refractivity contribution is 0.303. The van der Waals surface area contributed by atoms with Crippen molar-refractivity contribution in [1.82, 2.24) is 9.78 Å². The van der Waals surface area contributed by atoms with Gasteiger partial charge in [-0.2, -0.15) is 5.10 Å². The fraction of sp³-hybridized carbons (Fsp3) is 0.357. The molecule has 2 aromatic rings. The van der Waals surface area contributed by atoms with Crippen LogP contribution >= 0.6 is 10.7 Å². The normalized spacial score (nSPS) is 11.6. The number of hydrogen-bond donors (Lipinski definition) is 0. The van der Waals surface area contributed by atoms with Crippen molar-refractivity contribution in [3.8, 4) is 5.75 Å². The molecule has 0 saturated heterocycles. The Morgan fingerprint density at radius 3 is 2.57 bits per heavy atom. The second kappa shape index (κ2) is 6.07. The van der Waals surface area contributed by atoms with E-state index in [2.05, 4.69) is 5.10 Å². The van der Waals surface area contributed by atoms with Crippen LogP contribution in [0.3, 0.4) is 0 Å². The molecule has 0 radical (unpaired) electrons. The number of benzene rings is 1. The molecule has 0 N–H and O–H groups in total. The van der Waals surface area contributed by atoms with Crippen LogP contribution in [0, 0.1) is 13.8 Å². The molecule has 0 amide bonds. The average Bonchev–Trinajstić information content (AvgIpc) is 2.87. The minimum Gasteiger partial charge on any atom is -0.489 e. The topological polar surface area (TPSA) is 61.2 Å². The number of hydrogen-bond acceptors (Lipinski definition) is 4. The third-order valence-electron chi connectivity index (χ3n) is 3.36. The highest BCUT2D eigenvalue weighted by atomic mass is 35.7. The molecule has 0 spiro atoms. The Hall–Kier alpha value is -1.53. The molecular weight excluding hydrogens is 312 g/mol. The van der Waals surface area contributed by atoms with Crippen LogP contribution in [0.2, 0.25) is 0 Å². The largest absolute Gasteiger partial charge is 0.489 e. The zero-order valence-electron chi connectivity index (χ0n) is 12.1. The van der Waals surface area contributed by atoms with Gasteiger partial charge in [-0.3, -0.25) is 4.68 Å². The molecule has 0 aliphatic heterocycles. The zero-order chi connectivity index (χ0) is 15.6. The highest BCUT2D eigenvalue weighted by molar-refractivity contribution is 8.13. The van der Waals surface area contributed by atoms with Crippen LogP contribution in [0.1, 0.15) is 23.6 Å². The van der Waals surface area contributed by atoms with Gasteiger partial charge in [0.15, 0.2) is 0 Å². The number of halogens is 1. The van der Waals surface area contributed by atoms with Gasteiger partial charge in [-0.05, 0) is 44.0 Å². The van der Waals surface area contributed by atoms with Crippen molar-refractivity contribution in [1.29, 1.82) is 0 Å². The van der Waals surface area contributed by atoms with Gasteiger partial charge in [-0.1, -0.05) is 0 Å². The van der Waals surface area contributed by atoms with Gasteiger partial charge in [-0.15, -0.1) is 0 Å². The highest BCUT2D eigenvalue weighted by Gasteiger charge is 2.17. The molecular formula is C14H17ClN2O3S. The van der Waals surface area contributed by atoms with E-state index < -0.39 is 9.05 Å². The molecule has 0 bridgehead atoms. The van der Waals surface area contributed by atoms with E-state index in [9.17, 15) is 8.42 Å². The van der Waals surface area contributed by atoms with Crippen LogP contribution in [-0.2, 0) is 22.2 Å². The molecule has 5 nitrogen and oxygen atoms in total. The number of ether oxygens (including phenoxy) is 1. The molecule has 1 heterocycles. The van der Waals surface area contributed by atoms with Crippen LogP contribution in [-0.4, -0.2) is 18.2 Å². The minimum atomic E-state index is -3.74. The minimum absolute atomic E-state index is 0.118. The van der Waals surface area contributed by atoms with Gasteiger partial charge in [0.2, 0.25) is 0 Å². The molecule has 21 heavy (non-hydrogen) atoms. The smallest absolute Gasteiger partial charge is 0.261 e. The van der Waals surface area contributed by atoms with Crippen molar-refractivity contribution in [2.75, 3.05) is 0 Å². The quantitative estimate of drug-likeness (QED) is 0.791. The number of rotatable bonds is 5. The maximum Gasteiger partial charge on any atom is 0.261 e. The lowest BCUT2D eigenvalue weighted by Gasteiger charge is -2.12. The summed E-state index contributed by atoms with van der Waals surface area (Å²) in [5.41, 5.74) is 2.33. The van der Waals surface area contributed by atoms with E-state index in [-0.39, 0.29) is 4.90 Å². The van der Waals surface area contributed by atoms with E-state index in [0.717, 1.165) is 17.7 Å². The monoisotopic (exact) mass is 328 g/mol. The van der Waals surface area contributed by atoms with Crippen molar-refractivity contribution >= 4 is 19.7 Å². The Morgan fingerprint density at radius 2 is 2.00 bits per heavy atom. The fourth-order valence-corrected chi connectivity index (χ4v) is 3.26. The maximum atomic E-state index is 11.4. The second-order valence-corrected chi connectivity index (χ2v) is 7.28. The molecule has 2 rings (SSSR count). The third kappa shape index (κ3) is 3.57. The van der Waals surface area contributed by atoms with Gasteiger partial charge in [-0.25, -0.2) is 8.42 Å². The summed E-state index contributed by atoms with van der Waals surface area (Å²) < 4.78 is 30.4. The van der Waals surface area contributed by atoms with Crippen LogP contribution in [0.5, 0.6) is 5.75 Å². The van der Waals surface area contributed by atoms with Gasteiger partial charge >= 0.3 is 0 Å². The molecule has 0 saturated carbocycles. The average molecular weight is 329 g/mol. The fourth-order valence-electron chi connectivity index (χ4n) is 2.01. The summed E-state index contributed by atoms with van der Waals surface area (Å²) >= 11 is 0. The summed E-state index contributed by atoms with van der Waals surface area (Å²) in [4.78, 5) is 0.118. The van der Waals surface area contributed by atoms with E-state index in [1.807, 2.05) is 24.7 Å². The molecule has 1 aromatic heterocycles. The summed E-state index contributed by atoms with van der Waals surface area (Å²) in [6.45, 7) is 6.72. The van der Waals surface area contributed by atoms with Crippen LogP contribution in [0.4, 0.5) is 0 Å². The SMILES string of the molecule is CCn1cc(COc2ccc(S(=O)(=O)Cl)c(C)c2C)cn1. The van der Waals surface area contributed by atoms with Crippen molar-refractivity contribution in [3.05, 3.63) is 41.2 Å². The lowest BCUT2D eigenvalue weighted by Crippen LogP contribution is -2.01. The van der Waals surface area contributed by atoms with E-state index in [0.29, 0.717) is 17.9 Å². The molecule has 0 aliphatic carbocycles. The summed E-state index contributed by atoms with van der Waals surface area (Å²) in [6.07, 6.45) is 3.67. The van der Waals surface area contributed by atoms with Crippen LogP contribution in [0.25, 0.3) is 0 Å². The van der Waals surface area contributed by atoms with Gasteiger partial charge < -0.3 is 4.74 Å². The van der Waals surface area contributed by atoms with Crippen molar-refractivity contribution in [2.24, 2.45) is 0 Å². The first-order valence-corrected chi connectivity index (χ1v) is 8.83. The van der Waals surface area contributed by atoms with Gasteiger partial charge in [0, 0.05) is 29.0 Å². The Morgan fingerprint density at radius 1 is 1.29 bits per heavy atom. The Balaban J connectivity index is 2.20. The van der Waals surface area contributed by atoms with Crippen molar-refractivity contribution in [2.45, 2.75) is 38.8 Å². The first-order valence-electron chi connectivity index (χ1n) is 6.52. The first kappa shape index (κ1) is 15.9. The van der Waals surface area contributed by atoms with E-state index in [1.165, 1.54) is 6.07 Å². The van der Waals surface area contributed by atoms with Crippen molar-refractivity contribution in [3.63, 3.8) is 0 Å². The molecule has 114 valence electrons. The summed E-state index contributed by atoms with van der Waals surface area (Å²) in [5.74, 6) is 0.640. The Labute approximate surface area is 128 Å². The molecule has 0 unspecified atom stereocenters. The van der Waals surface area contributed by atoms with E-state index in [4.69, 9.17) is 15.4 Å². The molecule has 7 heteroatoms. The first-order chi connectivity index (χ1) is 9.82. The van der Waals surface area contributed by atoms with Crippen LogP contribution in [0.15, 0.2) is 29.4 Å². The maximum absolute atomic E-state index is 11.4. The van der Waals surface area contributed by atoms with Crippen LogP contribution < -0.4 is 4.74 Å². The van der Waals surface area contributed by atoms with Gasteiger partial charge in [0.05, 0.1) is 11.1 Å². The Bertz CT molecular complexity index is 754. The standard InChI is InChI=1S/C14H17ClN2O3S/c1-4-17-8-12(7-16-17)9-20-13-5-6-14(21(15,18)19)11(3)10(13)2/h5-8H,4,9H2,1-3H3. The predicted molar refractivity (Wildman–Crippen MR) is 81.2 cm³/mol. The van der Waals surface area contributed by atoms with Gasteiger partial charge in [0.25, 0.3) is 9.05 Å². The predicted octanol–water partition coefficient (Wildman–Crippen LogP) is 3.03.